The zero-order chi connectivity index (χ0) is 19.8. The second-order valence-electron chi connectivity index (χ2n) is 4.52. The summed E-state index contributed by atoms with van der Waals surface area (Å²) in [5.74, 6) is -0.488. The highest BCUT2D eigenvalue weighted by atomic mass is 16.7. The number of phenolic OH excluding ortho intramolecular Hbond substituents is 1. The lowest BCUT2D eigenvalue weighted by Crippen LogP contribution is -2.19. The molecule has 0 aliphatic carbocycles. The molecule has 0 aromatic heterocycles. The average molecular weight is 358 g/mol. The molecule has 0 fully saturated rings. The summed E-state index contributed by atoms with van der Waals surface area (Å²) in [6, 6.07) is 17.9. The first kappa shape index (κ1) is 22.5. The number of carbonyl (C=O) groups excluding carboxylic acids is 1. The van der Waals surface area contributed by atoms with Gasteiger partial charge in [0, 0.05) is 19.1 Å². The van der Waals surface area contributed by atoms with Crippen molar-refractivity contribution in [2.75, 3.05) is 0 Å². The number of hydrogen-bond acceptors (Lipinski definition) is 5. The number of carboxylic acids is 1. The van der Waals surface area contributed by atoms with Crippen molar-refractivity contribution in [3.63, 3.8) is 0 Å². The van der Waals surface area contributed by atoms with Crippen LogP contribution in [0.1, 0.15) is 6.92 Å². The fraction of sp³-hybridized carbons (Fsp3) is 0.100. The van der Waals surface area contributed by atoms with E-state index in [2.05, 4.69) is 13.2 Å². The molecule has 2 N–H and O–H groups in total. The zero-order valence-corrected chi connectivity index (χ0v) is 14.4. The molecule has 138 valence electrons. The van der Waals surface area contributed by atoms with Crippen LogP contribution in [0.2, 0.25) is 0 Å². The minimum absolute atomic E-state index is 0.322. The van der Waals surface area contributed by atoms with Gasteiger partial charge in [0.25, 0.3) is 0 Å². The standard InChI is InChI=1S/C11H12O3.C6H6O.C3H4O2/c1-3-11(12)14-9(2)13-10-7-5-4-6-8-10;7-6-4-2-1-3-5-6;1-2-3(4)5/h3-9H,1H2,2H3;1-5,7H;2H,1H2,(H,4,5). The van der Waals surface area contributed by atoms with Crippen LogP contribution < -0.4 is 4.74 Å². The molecule has 2 aromatic carbocycles. The van der Waals surface area contributed by atoms with E-state index in [1.807, 2.05) is 24.3 Å². The number of carboxylic acid groups (broad SMARTS) is 1. The summed E-state index contributed by atoms with van der Waals surface area (Å²) in [5.41, 5.74) is 0. The first-order valence-electron chi connectivity index (χ1n) is 7.53. The molecule has 0 spiro atoms. The van der Waals surface area contributed by atoms with E-state index in [-0.39, 0.29) is 0 Å². The highest BCUT2D eigenvalue weighted by molar-refractivity contribution is 5.81. The third kappa shape index (κ3) is 13.0. The number of esters is 1. The first-order chi connectivity index (χ1) is 12.4. The highest BCUT2D eigenvalue weighted by Crippen LogP contribution is 2.11. The molecular formula is C20H22O6. The summed E-state index contributed by atoms with van der Waals surface area (Å²) in [6.45, 7) is 7.90. The Bertz CT molecular complexity index is 667. The monoisotopic (exact) mass is 358 g/mol. The topological polar surface area (TPSA) is 93.1 Å². The predicted octanol–water partition coefficient (Wildman–Crippen LogP) is 3.79. The van der Waals surface area contributed by atoms with Gasteiger partial charge in [-0.15, -0.1) is 0 Å². The van der Waals surface area contributed by atoms with E-state index in [1.54, 1.807) is 43.3 Å². The van der Waals surface area contributed by atoms with E-state index >= 15 is 0 Å². The van der Waals surface area contributed by atoms with Gasteiger partial charge >= 0.3 is 11.9 Å². The maximum absolute atomic E-state index is 10.8. The SMILES string of the molecule is C=CC(=O)O.C=CC(=O)OC(C)Oc1ccccc1.Oc1ccccc1. The number of para-hydroxylation sites is 2. The molecule has 0 aliphatic heterocycles. The van der Waals surface area contributed by atoms with Crippen molar-refractivity contribution >= 4 is 11.9 Å². The van der Waals surface area contributed by atoms with Crippen LogP contribution >= 0.6 is 0 Å². The van der Waals surface area contributed by atoms with Gasteiger partial charge in [-0.25, -0.2) is 9.59 Å². The lowest BCUT2D eigenvalue weighted by atomic mass is 10.3. The number of hydrogen-bond donors (Lipinski definition) is 2. The minimum Gasteiger partial charge on any atom is -0.508 e. The van der Waals surface area contributed by atoms with Gasteiger partial charge in [-0.2, -0.15) is 0 Å². The van der Waals surface area contributed by atoms with Gasteiger partial charge in [-0.05, 0) is 24.3 Å². The average Bonchev–Trinajstić information content (AvgIpc) is 2.64. The fourth-order valence-corrected chi connectivity index (χ4v) is 1.35. The van der Waals surface area contributed by atoms with Gasteiger partial charge < -0.3 is 19.7 Å². The second-order valence-corrected chi connectivity index (χ2v) is 4.52. The van der Waals surface area contributed by atoms with Gasteiger partial charge in [0.1, 0.15) is 11.5 Å². The summed E-state index contributed by atoms with van der Waals surface area (Å²) < 4.78 is 10.1. The van der Waals surface area contributed by atoms with E-state index in [4.69, 9.17) is 19.7 Å². The summed E-state index contributed by atoms with van der Waals surface area (Å²) in [5, 5.41) is 16.2. The second kappa shape index (κ2) is 13.9. The molecule has 0 saturated heterocycles. The molecule has 2 aromatic rings. The number of rotatable bonds is 5. The zero-order valence-electron chi connectivity index (χ0n) is 14.4. The van der Waals surface area contributed by atoms with Crippen LogP contribution in [-0.2, 0) is 14.3 Å². The quantitative estimate of drug-likeness (QED) is 0.480. The van der Waals surface area contributed by atoms with E-state index in [0.29, 0.717) is 11.5 Å². The molecule has 0 radical (unpaired) electrons. The van der Waals surface area contributed by atoms with Crippen LogP contribution in [0.15, 0.2) is 86.0 Å². The molecule has 0 amide bonds. The van der Waals surface area contributed by atoms with E-state index in [1.165, 1.54) is 0 Å². The van der Waals surface area contributed by atoms with E-state index in [0.717, 1.165) is 12.2 Å². The Balaban J connectivity index is 0.000000431. The largest absolute Gasteiger partial charge is 0.508 e. The predicted molar refractivity (Wildman–Crippen MR) is 98.8 cm³/mol. The Morgan fingerprint density at radius 3 is 1.77 bits per heavy atom. The molecule has 0 heterocycles. The molecular weight excluding hydrogens is 336 g/mol. The van der Waals surface area contributed by atoms with Crippen molar-refractivity contribution in [3.8, 4) is 11.5 Å². The molecule has 2 rings (SSSR count). The van der Waals surface area contributed by atoms with Gasteiger partial charge in [0.05, 0.1) is 0 Å². The molecule has 6 nitrogen and oxygen atoms in total. The van der Waals surface area contributed by atoms with Gasteiger partial charge in [0.15, 0.2) is 0 Å². The van der Waals surface area contributed by atoms with Crippen molar-refractivity contribution in [1.82, 2.24) is 0 Å². The van der Waals surface area contributed by atoms with Crippen LogP contribution in [0, 0.1) is 0 Å². The van der Waals surface area contributed by atoms with E-state index in [9.17, 15) is 9.59 Å². The van der Waals surface area contributed by atoms with Crippen LogP contribution in [0.3, 0.4) is 0 Å². The fourth-order valence-electron chi connectivity index (χ4n) is 1.35. The maximum Gasteiger partial charge on any atom is 0.333 e. The lowest BCUT2D eigenvalue weighted by molar-refractivity contribution is -0.155. The Morgan fingerprint density at radius 1 is 0.962 bits per heavy atom. The smallest absolute Gasteiger partial charge is 0.333 e. The maximum atomic E-state index is 10.8. The van der Waals surface area contributed by atoms with Crippen LogP contribution in [0.4, 0.5) is 0 Å². The Morgan fingerprint density at radius 2 is 1.42 bits per heavy atom. The number of benzene rings is 2. The first-order valence-corrected chi connectivity index (χ1v) is 7.53. The van der Waals surface area contributed by atoms with Crippen LogP contribution in [0.5, 0.6) is 11.5 Å². The van der Waals surface area contributed by atoms with Crippen molar-refractivity contribution < 1.29 is 29.3 Å². The Labute approximate surface area is 152 Å². The van der Waals surface area contributed by atoms with Crippen LogP contribution in [0.25, 0.3) is 0 Å². The molecule has 0 saturated carbocycles. The van der Waals surface area contributed by atoms with Gasteiger partial charge in [-0.1, -0.05) is 49.6 Å². The number of aromatic hydroxyl groups is 1. The number of carbonyl (C=O) groups is 2. The molecule has 0 bridgehead atoms. The lowest BCUT2D eigenvalue weighted by Gasteiger charge is -2.13. The van der Waals surface area contributed by atoms with Gasteiger partial charge in [0.2, 0.25) is 6.29 Å². The highest BCUT2D eigenvalue weighted by Gasteiger charge is 2.06. The summed E-state index contributed by atoms with van der Waals surface area (Å²) >= 11 is 0. The summed E-state index contributed by atoms with van der Waals surface area (Å²) in [7, 11) is 0. The van der Waals surface area contributed by atoms with Gasteiger partial charge in [-0.3, -0.25) is 0 Å². The molecule has 26 heavy (non-hydrogen) atoms. The third-order valence-corrected chi connectivity index (χ3v) is 2.42. The van der Waals surface area contributed by atoms with Crippen molar-refractivity contribution in [2.45, 2.75) is 13.2 Å². The summed E-state index contributed by atoms with van der Waals surface area (Å²) in [6.07, 6.45) is 1.33. The number of ether oxygens (including phenoxy) is 2. The molecule has 1 atom stereocenters. The molecule has 0 aliphatic rings. The Hall–Kier alpha value is -3.54. The normalized spacial score (nSPS) is 9.73. The number of aliphatic carboxylic acids is 1. The Kier molecular flexibility index (Phi) is 12.0. The van der Waals surface area contributed by atoms with Crippen LogP contribution in [-0.4, -0.2) is 28.4 Å². The van der Waals surface area contributed by atoms with Crippen molar-refractivity contribution in [1.29, 1.82) is 0 Å². The van der Waals surface area contributed by atoms with Crippen molar-refractivity contribution in [3.05, 3.63) is 86.0 Å². The van der Waals surface area contributed by atoms with Crippen molar-refractivity contribution in [2.24, 2.45) is 0 Å². The molecule has 1 unspecified atom stereocenters. The summed E-state index contributed by atoms with van der Waals surface area (Å²) in [4.78, 5) is 20.0. The molecule has 6 heteroatoms. The van der Waals surface area contributed by atoms with E-state index < -0.39 is 18.2 Å². The minimum atomic E-state index is -0.981. The third-order valence-electron chi connectivity index (χ3n) is 2.42. The number of phenols is 1.